The van der Waals surface area contributed by atoms with E-state index in [9.17, 15) is 18.4 Å². The van der Waals surface area contributed by atoms with Crippen LogP contribution in [0.5, 0.6) is 0 Å². The van der Waals surface area contributed by atoms with Gasteiger partial charge in [-0.15, -0.1) is 0 Å². The van der Waals surface area contributed by atoms with Gasteiger partial charge in [0.05, 0.1) is 17.7 Å². The van der Waals surface area contributed by atoms with Gasteiger partial charge in [-0.2, -0.15) is 0 Å². The largest absolute Gasteiger partial charge is 0.322 e. The van der Waals surface area contributed by atoms with E-state index < -0.39 is 23.1 Å². The lowest BCUT2D eigenvalue weighted by molar-refractivity contribution is -0.116. The molecule has 0 saturated carbocycles. The summed E-state index contributed by atoms with van der Waals surface area (Å²) in [5, 5.41) is 2.29. The third-order valence-electron chi connectivity index (χ3n) is 3.47. The maximum Gasteiger partial charge on any atom is 0.254 e. The molecule has 0 atom stereocenters. The summed E-state index contributed by atoms with van der Waals surface area (Å²) in [6.07, 6.45) is 1.26. The Bertz CT molecular complexity index is 972. The van der Waals surface area contributed by atoms with Crippen LogP contribution in [0, 0.1) is 11.6 Å². The lowest BCUT2D eigenvalue weighted by Crippen LogP contribution is -2.27. The van der Waals surface area contributed by atoms with Crippen molar-refractivity contribution in [2.24, 2.45) is 0 Å². The number of rotatable bonds is 4. The van der Waals surface area contributed by atoms with Crippen LogP contribution >= 0.6 is 0 Å². The fourth-order valence-corrected chi connectivity index (χ4v) is 2.25. The lowest BCUT2D eigenvalue weighted by Gasteiger charge is -2.08. The molecule has 0 fully saturated rings. The van der Waals surface area contributed by atoms with Crippen molar-refractivity contribution >= 4 is 11.6 Å². The van der Waals surface area contributed by atoms with Crippen molar-refractivity contribution in [3.8, 4) is 11.3 Å². The molecule has 1 N–H and O–H groups in total. The zero-order valence-corrected chi connectivity index (χ0v) is 12.9. The molecule has 25 heavy (non-hydrogen) atoms. The first-order chi connectivity index (χ1) is 12.0. The van der Waals surface area contributed by atoms with Crippen LogP contribution in [0.15, 0.2) is 65.7 Å². The van der Waals surface area contributed by atoms with E-state index in [2.05, 4.69) is 10.3 Å². The van der Waals surface area contributed by atoms with Crippen molar-refractivity contribution in [2.75, 3.05) is 5.32 Å². The number of benzene rings is 2. The summed E-state index contributed by atoms with van der Waals surface area (Å²) in [6, 6.07) is 13.3. The molecule has 0 bridgehead atoms. The summed E-state index contributed by atoms with van der Waals surface area (Å²) >= 11 is 0. The monoisotopic (exact) mass is 341 g/mol. The van der Waals surface area contributed by atoms with Crippen molar-refractivity contribution in [1.82, 2.24) is 9.55 Å². The lowest BCUT2D eigenvalue weighted by atomic mass is 10.1. The van der Waals surface area contributed by atoms with Gasteiger partial charge in [-0.25, -0.2) is 13.8 Å². The van der Waals surface area contributed by atoms with Gasteiger partial charge < -0.3 is 5.32 Å². The van der Waals surface area contributed by atoms with Crippen molar-refractivity contribution in [3.63, 3.8) is 0 Å². The van der Waals surface area contributed by atoms with E-state index in [4.69, 9.17) is 0 Å². The van der Waals surface area contributed by atoms with Gasteiger partial charge in [-0.05, 0) is 12.1 Å². The minimum absolute atomic E-state index is 0.159. The number of hydrogen-bond donors (Lipinski definition) is 1. The minimum atomic E-state index is -0.891. The normalized spacial score (nSPS) is 10.5. The molecule has 3 aromatic rings. The van der Waals surface area contributed by atoms with E-state index in [0.717, 1.165) is 22.3 Å². The van der Waals surface area contributed by atoms with Crippen LogP contribution in [0.25, 0.3) is 11.3 Å². The third-order valence-corrected chi connectivity index (χ3v) is 3.47. The summed E-state index contributed by atoms with van der Waals surface area (Å²) < 4.78 is 27.5. The molecule has 0 unspecified atom stereocenters. The quantitative estimate of drug-likeness (QED) is 0.794. The first kappa shape index (κ1) is 16.5. The number of amides is 1. The van der Waals surface area contributed by atoms with Gasteiger partial charge in [0.25, 0.3) is 5.56 Å². The average Bonchev–Trinajstić information content (AvgIpc) is 2.60. The Labute approximate surface area is 141 Å². The molecule has 7 heteroatoms. The number of anilines is 1. The smallest absolute Gasteiger partial charge is 0.254 e. The number of aromatic nitrogens is 2. The topological polar surface area (TPSA) is 64.0 Å². The van der Waals surface area contributed by atoms with Crippen LogP contribution in [0.2, 0.25) is 0 Å². The maximum absolute atomic E-state index is 13.5. The van der Waals surface area contributed by atoms with Gasteiger partial charge in [0.15, 0.2) is 0 Å². The summed E-state index contributed by atoms with van der Waals surface area (Å²) in [6.45, 7) is -0.336. The van der Waals surface area contributed by atoms with Crippen LogP contribution < -0.4 is 10.9 Å². The molecule has 0 aliphatic heterocycles. The van der Waals surface area contributed by atoms with E-state index in [1.54, 1.807) is 0 Å². The Balaban J connectivity index is 1.74. The van der Waals surface area contributed by atoms with Crippen molar-refractivity contribution in [1.29, 1.82) is 0 Å². The van der Waals surface area contributed by atoms with Crippen LogP contribution in [-0.4, -0.2) is 15.5 Å². The Morgan fingerprint density at radius 3 is 2.52 bits per heavy atom. The van der Waals surface area contributed by atoms with Gasteiger partial charge >= 0.3 is 0 Å². The first-order valence-electron chi connectivity index (χ1n) is 7.40. The van der Waals surface area contributed by atoms with Crippen molar-refractivity contribution in [2.45, 2.75) is 6.54 Å². The average molecular weight is 341 g/mol. The summed E-state index contributed by atoms with van der Waals surface area (Å²) in [4.78, 5) is 28.3. The van der Waals surface area contributed by atoms with Crippen LogP contribution in [0.1, 0.15) is 0 Å². The van der Waals surface area contributed by atoms with Gasteiger partial charge in [0, 0.05) is 17.7 Å². The molecule has 0 spiro atoms. The number of halogens is 2. The zero-order chi connectivity index (χ0) is 17.8. The van der Waals surface area contributed by atoms with E-state index in [1.807, 2.05) is 30.3 Å². The predicted octanol–water partition coefficient (Wildman–Crippen LogP) is 2.83. The van der Waals surface area contributed by atoms with Gasteiger partial charge in [-0.3, -0.25) is 14.2 Å². The molecule has 0 saturated heterocycles. The summed E-state index contributed by atoms with van der Waals surface area (Å²) in [5.41, 5.74) is 0.702. The molecule has 126 valence electrons. The highest BCUT2D eigenvalue weighted by Crippen LogP contribution is 2.15. The molecular weight excluding hydrogens is 328 g/mol. The molecule has 1 aromatic heterocycles. The highest BCUT2D eigenvalue weighted by atomic mass is 19.1. The van der Waals surface area contributed by atoms with E-state index >= 15 is 0 Å². The fraction of sp³-hybridized carbons (Fsp3) is 0.0556. The molecule has 5 nitrogen and oxygen atoms in total. The molecule has 0 radical (unpaired) electrons. The SMILES string of the molecule is O=C(Cn1cnc(-c2ccccc2)cc1=O)Nc1ccc(F)cc1F. The Morgan fingerprint density at radius 2 is 1.84 bits per heavy atom. The molecule has 0 aliphatic rings. The second-order valence-electron chi connectivity index (χ2n) is 5.28. The van der Waals surface area contributed by atoms with Crippen molar-refractivity contribution < 1.29 is 13.6 Å². The van der Waals surface area contributed by atoms with Gasteiger partial charge in [0.2, 0.25) is 5.91 Å². The van der Waals surface area contributed by atoms with Crippen molar-refractivity contribution in [3.05, 3.63) is 82.9 Å². The Kier molecular flexibility index (Phi) is 4.65. The predicted molar refractivity (Wildman–Crippen MR) is 88.9 cm³/mol. The van der Waals surface area contributed by atoms with Crippen LogP contribution in [-0.2, 0) is 11.3 Å². The molecule has 0 aliphatic carbocycles. The van der Waals surface area contributed by atoms with Gasteiger partial charge in [-0.1, -0.05) is 30.3 Å². The second kappa shape index (κ2) is 7.04. The van der Waals surface area contributed by atoms with E-state index in [-0.39, 0.29) is 12.2 Å². The zero-order valence-electron chi connectivity index (χ0n) is 12.9. The first-order valence-corrected chi connectivity index (χ1v) is 7.40. The number of carbonyl (C=O) groups is 1. The summed E-state index contributed by atoms with van der Waals surface area (Å²) in [7, 11) is 0. The molecular formula is C18H13F2N3O2. The van der Waals surface area contributed by atoms with E-state index in [1.165, 1.54) is 12.4 Å². The highest BCUT2D eigenvalue weighted by Gasteiger charge is 2.10. The molecule has 3 rings (SSSR count). The molecule has 2 aromatic carbocycles. The third kappa shape index (κ3) is 3.95. The second-order valence-corrected chi connectivity index (χ2v) is 5.28. The molecule has 1 heterocycles. The number of hydrogen-bond acceptors (Lipinski definition) is 3. The Morgan fingerprint density at radius 1 is 1.08 bits per heavy atom. The van der Waals surface area contributed by atoms with Crippen LogP contribution in [0.4, 0.5) is 14.5 Å². The number of nitrogens with zero attached hydrogens (tertiary/aromatic N) is 2. The standard InChI is InChI=1S/C18H13F2N3O2/c19-13-6-7-15(14(20)8-13)22-17(24)10-23-11-21-16(9-18(23)25)12-4-2-1-3-5-12/h1-9,11H,10H2,(H,22,24). The highest BCUT2D eigenvalue weighted by molar-refractivity contribution is 5.90. The molecule has 1 amide bonds. The van der Waals surface area contributed by atoms with Gasteiger partial charge in [0.1, 0.15) is 18.2 Å². The number of nitrogens with one attached hydrogen (secondary N) is 1. The van der Waals surface area contributed by atoms with Crippen LogP contribution in [0.3, 0.4) is 0 Å². The fourth-order valence-electron chi connectivity index (χ4n) is 2.25. The Hall–Kier alpha value is -3.35. The minimum Gasteiger partial charge on any atom is -0.322 e. The van der Waals surface area contributed by atoms with E-state index in [0.29, 0.717) is 11.8 Å². The maximum atomic E-state index is 13.5. The number of carbonyl (C=O) groups excluding carboxylic acids is 1. The summed E-state index contributed by atoms with van der Waals surface area (Å²) in [5.74, 6) is -2.26.